The molecule has 1 aliphatic rings. The summed E-state index contributed by atoms with van der Waals surface area (Å²) in [6.45, 7) is 7.63. The van der Waals surface area contributed by atoms with Gasteiger partial charge in [-0.05, 0) is 13.0 Å². The first-order valence-corrected chi connectivity index (χ1v) is 7.22. The van der Waals surface area contributed by atoms with E-state index in [1.165, 1.54) is 0 Å². The van der Waals surface area contributed by atoms with Gasteiger partial charge in [0.15, 0.2) is 5.76 Å². The van der Waals surface area contributed by atoms with Crippen LogP contribution in [0.25, 0.3) is 0 Å². The smallest absolute Gasteiger partial charge is 0.151 e. The van der Waals surface area contributed by atoms with E-state index < -0.39 is 0 Å². The Balaban J connectivity index is 1.54. The summed E-state index contributed by atoms with van der Waals surface area (Å²) in [6.07, 6.45) is 5.04. The van der Waals surface area contributed by atoms with Crippen molar-refractivity contribution in [3.63, 3.8) is 0 Å². The average molecular weight is 275 g/mol. The number of nitrogens with one attached hydrogen (secondary N) is 1. The number of fused-ring (bicyclic) bond motifs is 1. The lowest BCUT2D eigenvalue weighted by Crippen LogP contribution is -2.33. The van der Waals surface area contributed by atoms with Gasteiger partial charge in [-0.3, -0.25) is 4.90 Å². The van der Waals surface area contributed by atoms with Gasteiger partial charge >= 0.3 is 0 Å². The molecule has 2 aromatic heterocycles. The Bertz CT molecular complexity index is 547. The minimum absolute atomic E-state index is 0.780. The van der Waals surface area contributed by atoms with Gasteiger partial charge in [-0.2, -0.15) is 0 Å². The van der Waals surface area contributed by atoms with E-state index in [0.29, 0.717) is 0 Å². The SMILES string of the molecule is CCCNCc1cc(CN2CCn3ccnc3C2)on1. The topological polar surface area (TPSA) is 59.1 Å². The summed E-state index contributed by atoms with van der Waals surface area (Å²) in [7, 11) is 0. The Labute approximate surface area is 118 Å². The van der Waals surface area contributed by atoms with Crippen LogP contribution in [-0.2, 0) is 26.2 Å². The summed E-state index contributed by atoms with van der Waals surface area (Å²) in [5, 5.41) is 7.43. The number of nitrogens with zero attached hydrogens (tertiary/aromatic N) is 4. The van der Waals surface area contributed by atoms with Crippen molar-refractivity contribution >= 4 is 0 Å². The van der Waals surface area contributed by atoms with Crippen LogP contribution in [0.5, 0.6) is 0 Å². The largest absolute Gasteiger partial charge is 0.360 e. The third kappa shape index (κ3) is 3.08. The molecular formula is C14H21N5O. The predicted octanol–water partition coefficient (Wildman–Crippen LogP) is 1.39. The van der Waals surface area contributed by atoms with Gasteiger partial charge in [-0.15, -0.1) is 0 Å². The summed E-state index contributed by atoms with van der Waals surface area (Å²) in [5.41, 5.74) is 0.979. The first kappa shape index (κ1) is 13.3. The van der Waals surface area contributed by atoms with E-state index in [4.69, 9.17) is 4.52 Å². The average Bonchev–Trinajstić information content (AvgIpc) is 3.08. The van der Waals surface area contributed by atoms with Crippen LogP contribution in [0.2, 0.25) is 0 Å². The monoisotopic (exact) mass is 275 g/mol. The number of hydrogen-bond acceptors (Lipinski definition) is 5. The highest BCUT2D eigenvalue weighted by Gasteiger charge is 2.18. The summed E-state index contributed by atoms with van der Waals surface area (Å²) in [4.78, 5) is 6.71. The summed E-state index contributed by atoms with van der Waals surface area (Å²) in [5.74, 6) is 2.05. The number of aromatic nitrogens is 3. The molecule has 0 aliphatic carbocycles. The fourth-order valence-electron chi connectivity index (χ4n) is 2.49. The molecule has 108 valence electrons. The molecule has 0 unspecified atom stereocenters. The zero-order chi connectivity index (χ0) is 13.8. The molecule has 0 radical (unpaired) electrons. The number of imidazole rings is 1. The van der Waals surface area contributed by atoms with Crippen molar-refractivity contribution in [2.24, 2.45) is 0 Å². The maximum absolute atomic E-state index is 5.41. The zero-order valence-corrected chi connectivity index (χ0v) is 11.9. The highest BCUT2D eigenvalue weighted by molar-refractivity contribution is 5.06. The first-order valence-electron chi connectivity index (χ1n) is 7.22. The van der Waals surface area contributed by atoms with Gasteiger partial charge in [-0.25, -0.2) is 4.98 Å². The summed E-state index contributed by atoms with van der Waals surface area (Å²) >= 11 is 0. The fraction of sp³-hybridized carbons (Fsp3) is 0.571. The second-order valence-electron chi connectivity index (χ2n) is 5.21. The molecule has 1 aliphatic heterocycles. The Morgan fingerprint density at radius 2 is 2.35 bits per heavy atom. The third-order valence-electron chi connectivity index (χ3n) is 3.54. The fourth-order valence-corrected chi connectivity index (χ4v) is 2.49. The van der Waals surface area contributed by atoms with Crippen LogP contribution in [0.4, 0.5) is 0 Å². The lowest BCUT2D eigenvalue weighted by Gasteiger charge is -2.26. The maximum Gasteiger partial charge on any atom is 0.151 e. The Morgan fingerprint density at radius 3 is 3.25 bits per heavy atom. The van der Waals surface area contributed by atoms with Crippen molar-refractivity contribution < 1.29 is 4.52 Å². The van der Waals surface area contributed by atoms with Crippen molar-refractivity contribution in [2.45, 2.75) is 39.5 Å². The third-order valence-corrected chi connectivity index (χ3v) is 3.54. The van der Waals surface area contributed by atoms with Gasteiger partial charge in [0, 0.05) is 38.1 Å². The molecule has 0 spiro atoms. The quantitative estimate of drug-likeness (QED) is 0.807. The lowest BCUT2D eigenvalue weighted by atomic mass is 10.3. The molecule has 0 saturated carbocycles. The van der Waals surface area contributed by atoms with E-state index in [2.05, 4.69) is 31.8 Å². The van der Waals surface area contributed by atoms with E-state index in [9.17, 15) is 0 Å². The molecular weight excluding hydrogens is 254 g/mol. The van der Waals surface area contributed by atoms with Crippen LogP contribution in [-0.4, -0.2) is 32.7 Å². The highest BCUT2D eigenvalue weighted by atomic mass is 16.5. The second-order valence-corrected chi connectivity index (χ2v) is 5.21. The standard InChI is InChI=1S/C14H21N5O/c1-2-3-15-9-12-8-13(20-17-12)10-18-6-7-19-5-4-16-14(19)11-18/h4-5,8,15H,2-3,6-7,9-11H2,1H3. The van der Waals surface area contributed by atoms with Gasteiger partial charge in [0.25, 0.3) is 0 Å². The molecule has 2 aromatic rings. The van der Waals surface area contributed by atoms with E-state index in [1.807, 2.05) is 18.5 Å². The van der Waals surface area contributed by atoms with Gasteiger partial charge < -0.3 is 14.4 Å². The first-order chi connectivity index (χ1) is 9.85. The van der Waals surface area contributed by atoms with Crippen LogP contribution in [0, 0.1) is 0 Å². The van der Waals surface area contributed by atoms with Gasteiger partial charge in [0.1, 0.15) is 5.82 Å². The Kier molecular flexibility index (Phi) is 4.13. The van der Waals surface area contributed by atoms with Crippen molar-refractivity contribution in [1.29, 1.82) is 0 Å². The molecule has 0 aromatic carbocycles. The molecule has 3 heterocycles. The second kappa shape index (κ2) is 6.19. The molecule has 6 nitrogen and oxygen atoms in total. The lowest BCUT2D eigenvalue weighted by molar-refractivity contribution is 0.186. The molecule has 20 heavy (non-hydrogen) atoms. The van der Waals surface area contributed by atoms with Crippen LogP contribution < -0.4 is 5.32 Å². The zero-order valence-electron chi connectivity index (χ0n) is 11.9. The molecule has 3 rings (SSSR count). The molecule has 6 heteroatoms. The van der Waals surface area contributed by atoms with Crippen LogP contribution in [0.15, 0.2) is 23.0 Å². The van der Waals surface area contributed by atoms with Gasteiger partial charge in [-0.1, -0.05) is 12.1 Å². The Hall–Kier alpha value is -1.66. The van der Waals surface area contributed by atoms with Gasteiger partial charge in [0.2, 0.25) is 0 Å². The van der Waals surface area contributed by atoms with Crippen molar-refractivity contribution in [2.75, 3.05) is 13.1 Å². The van der Waals surface area contributed by atoms with E-state index in [-0.39, 0.29) is 0 Å². The van der Waals surface area contributed by atoms with Crippen LogP contribution in [0.1, 0.15) is 30.6 Å². The van der Waals surface area contributed by atoms with Crippen LogP contribution >= 0.6 is 0 Å². The number of rotatable bonds is 6. The minimum atomic E-state index is 0.780. The van der Waals surface area contributed by atoms with Crippen molar-refractivity contribution in [3.05, 3.63) is 35.7 Å². The summed E-state index contributed by atoms with van der Waals surface area (Å²) in [6, 6.07) is 2.05. The van der Waals surface area contributed by atoms with Crippen molar-refractivity contribution in [1.82, 2.24) is 24.9 Å². The minimum Gasteiger partial charge on any atom is -0.360 e. The highest BCUT2D eigenvalue weighted by Crippen LogP contribution is 2.14. The molecule has 0 saturated heterocycles. The predicted molar refractivity (Wildman–Crippen MR) is 74.8 cm³/mol. The molecule has 0 bridgehead atoms. The van der Waals surface area contributed by atoms with Gasteiger partial charge in [0.05, 0.1) is 18.8 Å². The molecule has 0 atom stereocenters. The van der Waals surface area contributed by atoms with E-state index in [1.54, 1.807) is 0 Å². The molecule has 0 amide bonds. The molecule has 1 N–H and O–H groups in total. The van der Waals surface area contributed by atoms with Crippen LogP contribution in [0.3, 0.4) is 0 Å². The molecule has 0 fully saturated rings. The number of hydrogen-bond donors (Lipinski definition) is 1. The maximum atomic E-state index is 5.41. The normalized spacial score (nSPS) is 15.4. The van der Waals surface area contributed by atoms with E-state index in [0.717, 1.165) is 63.0 Å². The Morgan fingerprint density at radius 1 is 1.40 bits per heavy atom. The van der Waals surface area contributed by atoms with Crippen molar-refractivity contribution in [3.8, 4) is 0 Å². The van der Waals surface area contributed by atoms with E-state index >= 15 is 0 Å². The summed E-state index contributed by atoms with van der Waals surface area (Å²) < 4.78 is 7.61.